The first-order valence-corrected chi connectivity index (χ1v) is 6.89. The van der Waals surface area contributed by atoms with E-state index in [4.69, 9.17) is 5.73 Å². The van der Waals surface area contributed by atoms with Crippen molar-refractivity contribution < 1.29 is 4.79 Å². The number of ketones is 1. The van der Waals surface area contributed by atoms with E-state index in [0.29, 0.717) is 23.2 Å². The van der Waals surface area contributed by atoms with Gasteiger partial charge >= 0.3 is 0 Å². The van der Waals surface area contributed by atoms with Crippen LogP contribution in [0.2, 0.25) is 0 Å². The van der Waals surface area contributed by atoms with Crippen LogP contribution >= 0.6 is 0 Å². The van der Waals surface area contributed by atoms with Gasteiger partial charge in [-0.25, -0.2) is 0 Å². The number of hydrogen-bond donors (Lipinski definition) is 1. The second-order valence-corrected chi connectivity index (χ2v) is 6.43. The maximum Gasteiger partial charge on any atom is 0.132 e. The van der Waals surface area contributed by atoms with Crippen LogP contribution in [-0.2, 0) is 4.79 Å². The lowest BCUT2D eigenvalue weighted by atomic mass is 9.59. The van der Waals surface area contributed by atoms with Crippen molar-refractivity contribution >= 4 is 5.78 Å². The molecule has 16 heavy (non-hydrogen) atoms. The quantitative estimate of drug-likeness (QED) is 0.739. The maximum absolute atomic E-state index is 11.6. The Kier molecular flexibility index (Phi) is 2.39. The summed E-state index contributed by atoms with van der Waals surface area (Å²) in [5, 5.41) is 0. The van der Waals surface area contributed by atoms with E-state index in [1.165, 1.54) is 32.1 Å². The zero-order chi connectivity index (χ0) is 11.3. The zero-order valence-corrected chi connectivity index (χ0v) is 10.2. The molecule has 0 unspecified atom stereocenters. The highest BCUT2D eigenvalue weighted by Crippen LogP contribution is 2.61. The third-order valence-corrected chi connectivity index (χ3v) is 5.85. The van der Waals surface area contributed by atoms with Gasteiger partial charge in [0, 0.05) is 12.0 Å². The molecule has 3 fully saturated rings. The van der Waals surface area contributed by atoms with Crippen molar-refractivity contribution in [2.75, 3.05) is 0 Å². The lowest BCUT2D eigenvalue weighted by Crippen LogP contribution is -2.49. The molecule has 0 radical (unpaired) electrons. The summed E-state index contributed by atoms with van der Waals surface area (Å²) >= 11 is 0. The van der Waals surface area contributed by atoms with Crippen LogP contribution in [0.25, 0.3) is 0 Å². The number of nitrogens with two attached hydrogens (primary N) is 1. The molecule has 2 nitrogen and oxygen atoms in total. The topological polar surface area (TPSA) is 43.1 Å². The molecule has 1 spiro atoms. The minimum absolute atomic E-state index is 0.319. The summed E-state index contributed by atoms with van der Waals surface area (Å²) < 4.78 is 0. The highest BCUT2D eigenvalue weighted by atomic mass is 16.1. The van der Waals surface area contributed by atoms with Gasteiger partial charge in [0.2, 0.25) is 0 Å². The van der Waals surface area contributed by atoms with Crippen LogP contribution in [-0.4, -0.2) is 11.8 Å². The van der Waals surface area contributed by atoms with Gasteiger partial charge in [0.15, 0.2) is 0 Å². The van der Waals surface area contributed by atoms with E-state index in [9.17, 15) is 4.79 Å². The molecule has 90 valence electrons. The molecule has 3 aliphatic carbocycles. The molecule has 3 aliphatic rings. The molecule has 0 amide bonds. The molecule has 3 rings (SSSR count). The van der Waals surface area contributed by atoms with Crippen LogP contribution in [0.5, 0.6) is 0 Å². The first-order valence-electron chi connectivity index (χ1n) is 6.89. The van der Waals surface area contributed by atoms with Gasteiger partial charge in [-0.1, -0.05) is 6.42 Å². The van der Waals surface area contributed by atoms with Crippen LogP contribution < -0.4 is 5.73 Å². The molecule has 0 aromatic carbocycles. The summed E-state index contributed by atoms with van der Waals surface area (Å²) in [6, 6.07) is 0.397. The lowest BCUT2D eigenvalue weighted by molar-refractivity contribution is -0.124. The van der Waals surface area contributed by atoms with Crippen LogP contribution in [0.4, 0.5) is 0 Å². The van der Waals surface area contributed by atoms with E-state index in [2.05, 4.69) is 0 Å². The van der Waals surface area contributed by atoms with Crippen LogP contribution in [0, 0.1) is 23.2 Å². The van der Waals surface area contributed by atoms with E-state index < -0.39 is 0 Å². The molecule has 2 bridgehead atoms. The van der Waals surface area contributed by atoms with Gasteiger partial charge < -0.3 is 5.73 Å². The van der Waals surface area contributed by atoms with Crippen molar-refractivity contribution in [2.24, 2.45) is 28.9 Å². The van der Waals surface area contributed by atoms with Gasteiger partial charge in [-0.3, -0.25) is 4.79 Å². The van der Waals surface area contributed by atoms with Crippen molar-refractivity contribution in [3.63, 3.8) is 0 Å². The first-order chi connectivity index (χ1) is 7.63. The van der Waals surface area contributed by atoms with E-state index in [0.717, 1.165) is 24.7 Å². The Labute approximate surface area is 98.0 Å². The van der Waals surface area contributed by atoms with Crippen molar-refractivity contribution in [1.82, 2.24) is 0 Å². The van der Waals surface area contributed by atoms with Crippen molar-refractivity contribution in [3.8, 4) is 0 Å². The monoisotopic (exact) mass is 221 g/mol. The summed E-state index contributed by atoms with van der Waals surface area (Å²) in [6.45, 7) is 1.77. The van der Waals surface area contributed by atoms with Gasteiger partial charge in [0.1, 0.15) is 5.78 Å². The summed E-state index contributed by atoms with van der Waals surface area (Å²) in [6.07, 6.45) is 8.80. The van der Waals surface area contributed by atoms with Gasteiger partial charge in [0.25, 0.3) is 0 Å². The van der Waals surface area contributed by atoms with E-state index in [1.807, 2.05) is 0 Å². The number of carbonyl (C=O) groups excluding carboxylic acids is 1. The van der Waals surface area contributed by atoms with Crippen LogP contribution in [0.1, 0.15) is 51.9 Å². The van der Waals surface area contributed by atoms with Gasteiger partial charge in [-0.05, 0) is 62.7 Å². The predicted molar refractivity (Wildman–Crippen MR) is 63.9 cm³/mol. The van der Waals surface area contributed by atoms with Gasteiger partial charge in [-0.2, -0.15) is 0 Å². The standard InChI is InChI=1S/C14H23NO/c1-9(16)11-3-2-6-14(8-11)12-5-4-10(7-12)13(14)15/h10-13H,2-8,15H2,1H3/t10-,11+,12+,13-,14+/m1/s1. The minimum Gasteiger partial charge on any atom is -0.327 e. The Morgan fingerprint density at radius 3 is 2.75 bits per heavy atom. The second kappa shape index (κ2) is 3.56. The second-order valence-electron chi connectivity index (χ2n) is 6.43. The highest BCUT2D eigenvalue weighted by Gasteiger charge is 2.57. The SMILES string of the molecule is CC(=O)[C@H]1CCC[C@]2(C1)[C@H]1CC[C@H](C1)[C@H]2N. The highest BCUT2D eigenvalue weighted by molar-refractivity contribution is 5.78. The molecule has 0 heterocycles. The fraction of sp³-hybridized carbons (Fsp3) is 0.929. The molecule has 0 saturated heterocycles. The average molecular weight is 221 g/mol. The number of carbonyl (C=O) groups is 1. The van der Waals surface area contributed by atoms with E-state index in [1.54, 1.807) is 6.92 Å². The van der Waals surface area contributed by atoms with Crippen LogP contribution in [0.3, 0.4) is 0 Å². The molecule has 0 aromatic heterocycles. The molecule has 2 N–H and O–H groups in total. The Balaban J connectivity index is 1.85. The summed E-state index contributed by atoms with van der Waals surface area (Å²) in [7, 11) is 0. The third kappa shape index (κ3) is 1.32. The Hall–Kier alpha value is -0.370. The number of Topliss-reactive ketones (excluding diaryl/α,β-unsaturated/α-hetero) is 1. The Bertz CT molecular complexity index is 310. The molecule has 2 heteroatoms. The van der Waals surface area contributed by atoms with E-state index >= 15 is 0 Å². The van der Waals surface area contributed by atoms with Gasteiger partial charge in [-0.15, -0.1) is 0 Å². The first kappa shape index (κ1) is 10.8. The largest absolute Gasteiger partial charge is 0.327 e. The Morgan fingerprint density at radius 1 is 1.31 bits per heavy atom. The molecule has 5 atom stereocenters. The molecular weight excluding hydrogens is 198 g/mol. The minimum atomic E-state index is 0.319. The smallest absolute Gasteiger partial charge is 0.132 e. The summed E-state index contributed by atoms with van der Waals surface area (Å²) in [5.74, 6) is 2.33. The summed E-state index contributed by atoms with van der Waals surface area (Å²) in [4.78, 5) is 11.6. The van der Waals surface area contributed by atoms with Crippen molar-refractivity contribution in [2.45, 2.75) is 57.9 Å². The average Bonchev–Trinajstić information content (AvgIpc) is 2.84. The molecule has 0 aromatic rings. The predicted octanol–water partition coefficient (Wildman–Crippen LogP) is 2.51. The van der Waals surface area contributed by atoms with E-state index in [-0.39, 0.29) is 0 Å². The number of hydrogen-bond acceptors (Lipinski definition) is 2. The van der Waals surface area contributed by atoms with Crippen LogP contribution in [0.15, 0.2) is 0 Å². The van der Waals surface area contributed by atoms with Crippen molar-refractivity contribution in [1.29, 1.82) is 0 Å². The fourth-order valence-corrected chi connectivity index (χ4v) is 4.97. The lowest BCUT2D eigenvalue weighted by Gasteiger charge is -2.47. The zero-order valence-electron chi connectivity index (χ0n) is 10.2. The normalized spacial score (nSPS) is 51.1. The maximum atomic E-state index is 11.6. The molecular formula is C14H23NO. The Morgan fingerprint density at radius 2 is 2.12 bits per heavy atom. The van der Waals surface area contributed by atoms with Crippen molar-refractivity contribution in [3.05, 3.63) is 0 Å². The fourth-order valence-electron chi connectivity index (χ4n) is 4.97. The number of rotatable bonds is 1. The molecule has 3 saturated carbocycles. The molecule has 0 aliphatic heterocycles. The number of fused-ring (bicyclic) bond motifs is 3. The summed E-state index contributed by atoms with van der Waals surface area (Å²) in [5.41, 5.74) is 6.84. The van der Waals surface area contributed by atoms with Gasteiger partial charge in [0.05, 0.1) is 0 Å². The third-order valence-electron chi connectivity index (χ3n) is 5.85.